The van der Waals surface area contributed by atoms with E-state index in [1.54, 1.807) is 0 Å². The van der Waals surface area contributed by atoms with E-state index in [9.17, 15) is 4.79 Å². The molecule has 2 rings (SSSR count). The van der Waals surface area contributed by atoms with Crippen LogP contribution in [-0.2, 0) is 0 Å². The second-order valence-electron chi connectivity index (χ2n) is 5.73. The molecule has 1 aliphatic rings. The molecule has 0 atom stereocenters. The van der Waals surface area contributed by atoms with E-state index in [4.69, 9.17) is 5.73 Å². The van der Waals surface area contributed by atoms with Crippen molar-refractivity contribution in [1.29, 1.82) is 0 Å². The van der Waals surface area contributed by atoms with Crippen LogP contribution in [0.15, 0.2) is 24.3 Å². The number of carbonyl (C=O) groups excluding carboxylic acids is 1. The van der Waals surface area contributed by atoms with Gasteiger partial charge in [-0.2, -0.15) is 0 Å². The predicted octanol–water partition coefficient (Wildman–Crippen LogP) is 1.87. The highest BCUT2D eigenvalue weighted by Crippen LogP contribution is 2.29. The molecule has 0 aliphatic carbocycles. The number of likely N-dealkylation sites (tertiary alicyclic amines) is 1. The lowest BCUT2D eigenvalue weighted by atomic mass is 9.93. The minimum atomic E-state index is 0.0990. The minimum absolute atomic E-state index is 0.0990. The summed E-state index contributed by atoms with van der Waals surface area (Å²) in [6, 6.07) is 7.46. The second-order valence-corrected chi connectivity index (χ2v) is 5.73. The maximum absolute atomic E-state index is 12.4. The summed E-state index contributed by atoms with van der Waals surface area (Å²) in [7, 11) is 0. The lowest BCUT2D eigenvalue weighted by molar-refractivity contribution is 0.0778. The molecular weight excluding hydrogens is 236 g/mol. The molecule has 1 heterocycles. The Kier molecular flexibility index (Phi) is 3.92. The average Bonchev–Trinajstić information content (AvgIpc) is 2.76. The molecule has 2 N–H and O–H groups in total. The summed E-state index contributed by atoms with van der Waals surface area (Å²) in [6.07, 6.45) is 1.06. The van der Waals surface area contributed by atoms with Crippen LogP contribution in [0.3, 0.4) is 0 Å². The number of hydrogen-bond acceptors (Lipinski definition) is 2. The molecule has 3 nitrogen and oxygen atoms in total. The van der Waals surface area contributed by atoms with E-state index in [1.807, 2.05) is 29.2 Å². The van der Waals surface area contributed by atoms with Crippen LogP contribution in [0.2, 0.25) is 0 Å². The third-order valence-electron chi connectivity index (χ3n) is 3.41. The standard InChI is InChI=1S/C16H20N2O/c1-16(2)8-10-18(12-16)15(19)14-7-3-5-13(11-14)6-4-9-17/h3,5,7,11H,8-10,12,17H2,1-2H3. The van der Waals surface area contributed by atoms with Gasteiger partial charge in [0.05, 0.1) is 6.54 Å². The summed E-state index contributed by atoms with van der Waals surface area (Å²) in [4.78, 5) is 14.3. The molecule has 0 unspecified atom stereocenters. The van der Waals surface area contributed by atoms with E-state index in [2.05, 4.69) is 25.7 Å². The van der Waals surface area contributed by atoms with Crippen molar-refractivity contribution in [2.75, 3.05) is 19.6 Å². The molecule has 0 bridgehead atoms. The predicted molar refractivity (Wildman–Crippen MR) is 76.7 cm³/mol. The van der Waals surface area contributed by atoms with Crippen LogP contribution in [-0.4, -0.2) is 30.4 Å². The van der Waals surface area contributed by atoms with Gasteiger partial charge in [0, 0.05) is 24.2 Å². The second kappa shape index (κ2) is 5.46. The highest BCUT2D eigenvalue weighted by molar-refractivity contribution is 5.94. The molecule has 100 valence electrons. The fraction of sp³-hybridized carbons (Fsp3) is 0.438. The molecule has 1 amide bonds. The van der Waals surface area contributed by atoms with Crippen LogP contribution in [0.1, 0.15) is 36.2 Å². The Balaban J connectivity index is 2.16. The third kappa shape index (κ3) is 3.36. The summed E-state index contributed by atoms with van der Waals surface area (Å²) in [5, 5.41) is 0. The van der Waals surface area contributed by atoms with E-state index < -0.39 is 0 Å². The van der Waals surface area contributed by atoms with Gasteiger partial charge in [0.1, 0.15) is 0 Å². The van der Waals surface area contributed by atoms with Crippen LogP contribution in [0.25, 0.3) is 0 Å². The van der Waals surface area contributed by atoms with Gasteiger partial charge in [-0.25, -0.2) is 0 Å². The van der Waals surface area contributed by atoms with Gasteiger partial charge in [-0.3, -0.25) is 4.79 Å². The summed E-state index contributed by atoms with van der Waals surface area (Å²) < 4.78 is 0. The van der Waals surface area contributed by atoms with Crippen molar-refractivity contribution in [3.8, 4) is 11.8 Å². The van der Waals surface area contributed by atoms with Gasteiger partial charge < -0.3 is 10.6 Å². The van der Waals surface area contributed by atoms with E-state index >= 15 is 0 Å². The summed E-state index contributed by atoms with van der Waals surface area (Å²) in [5.74, 6) is 5.87. The van der Waals surface area contributed by atoms with E-state index in [0.29, 0.717) is 12.1 Å². The fourth-order valence-corrected chi connectivity index (χ4v) is 2.35. The van der Waals surface area contributed by atoms with Gasteiger partial charge in [0.2, 0.25) is 0 Å². The minimum Gasteiger partial charge on any atom is -0.338 e. The summed E-state index contributed by atoms with van der Waals surface area (Å²) >= 11 is 0. The Bertz CT molecular complexity index is 537. The van der Waals surface area contributed by atoms with E-state index in [0.717, 1.165) is 25.1 Å². The fourth-order valence-electron chi connectivity index (χ4n) is 2.35. The Morgan fingerprint density at radius 1 is 1.47 bits per heavy atom. The van der Waals surface area contributed by atoms with Crippen LogP contribution in [0.5, 0.6) is 0 Å². The first-order chi connectivity index (χ1) is 9.02. The van der Waals surface area contributed by atoms with Gasteiger partial charge >= 0.3 is 0 Å². The number of amides is 1. The number of hydrogen-bond donors (Lipinski definition) is 1. The zero-order valence-electron chi connectivity index (χ0n) is 11.6. The average molecular weight is 256 g/mol. The van der Waals surface area contributed by atoms with Crippen molar-refractivity contribution in [3.63, 3.8) is 0 Å². The number of nitrogens with zero attached hydrogens (tertiary/aromatic N) is 1. The first-order valence-corrected chi connectivity index (χ1v) is 6.60. The van der Waals surface area contributed by atoms with Gasteiger partial charge in [0.25, 0.3) is 5.91 Å². The topological polar surface area (TPSA) is 46.3 Å². The molecule has 19 heavy (non-hydrogen) atoms. The lowest BCUT2D eigenvalue weighted by Gasteiger charge is -2.19. The molecule has 0 radical (unpaired) electrons. The molecule has 0 aromatic heterocycles. The van der Waals surface area contributed by atoms with Crippen LogP contribution in [0.4, 0.5) is 0 Å². The zero-order chi connectivity index (χ0) is 13.9. The van der Waals surface area contributed by atoms with Gasteiger partial charge in [-0.05, 0) is 30.0 Å². The van der Waals surface area contributed by atoms with Crippen LogP contribution < -0.4 is 5.73 Å². The van der Waals surface area contributed by atoms with E-state index in [-0.39, 0.29) is 11.3 Å². The maximum atomic E-state index is 12.4. The normalized spacial score (nSPS) is 16.9. The van der Waals surface area contributed by atoms with Gasteiger partial charge in [-0.15, -0.1) is 0 Å². The van der Waals surface area contributed by atoms with Gasteiger partial charge in [0.15, 0.2) is 0 Å². The Hall–Kier alpha value is -1.79. The molecule has 3 heteroatoms. The Morgan fingerprint density at radius 3 is 2.89 bits per heavy atom. The quantitative estimate of drug-likeness (QED) is 0.780. The Labute approximate surface area is 114 Å². The SMILES string of the molecule is CC1(C)CCN(C(=O)c2cccc(C#CCN)c2)C1. The van der Waals surface area contributed by atoms with Crippen molar-refractivity contribution in [1.82, 2.24) is 4.90 Å². The van der Waals surface area contributed by atoms with Crippen LogP contribution in [0, 0.1) is 17.3 Å². The molecule has 0 spiro atoms. The largest absolute Gasteiger partial charge is 0.338 e. The monoisotopic (exact) mass is 256 g/mol. The van der Waals surface area contributed by atoms with E-state index in [1.165, 1.54) is 0 Å². The molecule has 1 fully saturated rings. The van der Waals surface area contributed by atoms with Gasteiger partial charge in [-0.1, -0.05) is 31.8 Å². The maximum Gasteiger partial charge on any atom is 0.253 e. The first kappa shape index (κ1) is 13.6. The number of rotatable bonds is 1. The Morgan fingerprint density at radius 2 is 2.26 bits per heavy atom. The molecular formula is C16H20N2O. The third-order valence-corrected chi connectivity index (χ3v) is 3.41. The molecule has 0 saturated carbocycles. The highest BCUT2D eigenvalue weighted by Gasteiger charge is 2.32. The molecule has 1 saturated heterocycles. The zero-order valence-corrected chi connectivity index (χ0v) is 11.6. The van der Waals surface area contributed by atoms with Crippen molar-refractivity contribution in [2.24, 2.45) is 11.1 Å². The number of carbonyl (C=O) groups is 1. The molecule has 1 aromatic carbocycles. The van der Waals surface area contributed by atoms with Crippen molar-refractivity contribution < 1.29 is 4.79 Å². The summed E-state index contributed by atoms with van der Waals surface area (Å²) in [6.45, 7) is 6.39. The first-order valence-electron chi connectivity index (χ1n) is 6.60. The number of nitrogens with two attached hydrogens (primary N) is 1. The lowest BCUT2D eigenvalue weighted by Crippen LogP contribution is -2.30. The number of benzene rings is 1. The van der Waals surface area contributed by atoms with Crippen LogP contribution >= 0.6 is 0 Å². The molecule has 1 aliphatic heterocycles. The summed E-state index contributed by atoms with van der Waals surface area (Å²) in [5.41, 5.74) is 7.14. The van der Waals surface area contributed by atoms with Crippen molar-refractivity contribution in [2.45, 2.75) is 20.3 Å². The molecule has 1 aromatic rings. The van der Waals surface area contributed by atoms with Crippen molar-refractivity contribution >= 4 is 5.91 Å². The highest BCUT2D eigenvalue weighted by atomic mass is 16.2. The smallest absolute Gasteiger partial charge is 0.253 e. The van der Waals surface area contributed by atoms with Crippen molar-refractivity contribution in [3.05, 3.63) is 35.4 Å².